The molecule has 2 aliphatic rings. The quantitative estimate of drug-likeness (QED) is 0.209. The van der Waals surface area contributed by atoms with E-state index in [4.69, 9.17) is 5.73 Å². The average molecular weight is 430 g/mol. The lowest BCUT2D eigenvalue weighted by Crippen LogP contribution is -2.71. The SMILES string of the molecule is CO/N=C(\C(=O)N[C@@H]1C(=O)N2C(C(=O)O)=C(CS)CS[C@H]12)c1csc(N)n1. The first-order valence-electron chi connectivity index (χ1n) is 7.53. The van der Waals surface area contributed by atoms with E-state index in [-0.39, 0.29) is 28.0 Å². The molecule has 0 spiro atoms. The van der Waals surface area contributed by atoms with E-state index in [2.05, 4.69) is 32.9 Å². The maximum absolute atomic E-state index is 12.6. The Kier molecular flexibility index (Phi) is 5.62. The molecule has 1 saturated heterocycles. The third-order valence-electron chi connectivity index (χ3n) is 3.89. The predicted octanol–water partition coefficient (Wildman–Crippen LogP) is -0.256. The largest absolute Gasteiger partial charge is 0.477 e. The van der Waals surface area contributed by atoms with E-state index in [1.165, 1.54) is 23.8 Å². The van der Waals surface area contributed by atoms with Gasteiger partial charge in [0.05, 0.1) is 0 Å². The van der Waals surface area contributed by atoms with Crippen molar-refractivity contribution in [2.24, 2.45) is 5.16 Å². The standard InChI is InChI=1S/C14H15N5O5S3/c1-24-18-7(6-4-27-14(15)16-6)10(20)17-8-11(21)19-9(13(22)23)5(2-25)3-26-12(8)19/h4,8,12,25H,2-3H2,1H3,(H2,15,16)(H,17,20)(H,22,23)/b18-7-/t8-,12-/m1/s1. The number of hydrogen-bond donors (Lipinski definition) is 4. The second kappa shape index (κ2) is 7.78. The number of thiol groups is 1. The zero-order valence-corrected chi connectivity index (χ0v) is 16.4. The number of nitrogens with zero attached hydrogens (tertiary/aromatic N) is 3. The Morgan fingerprint density at radius 1 is 1.59 bits per heavy atom. The zero-order valence-electron chi connectivity index (χ0n) is 13.9. The number of nitrogens with one attached hydrogen (secondary N) is 1. The number of anilines is 1. The normalized spacial score (nSPS) is 22.2. The Hall–Kier alpha value is -2.25. The molecule has 144 valence electrons. The minimum absolute atomic E-state index is 0.0673. The molecule has 0 aliphatic carbocycles. The van der Waals surface area contributed by atoms with Crippen molar-refractivity contribution in [3.8, 4) is 0 Å². The Labute approximate surface area is 167 Å². The lowest BCUT2D eigenvalue weighted by Gasteiger charge is -2.49. The molecule has 0 aromatic carbocycles. The summed E-state index contributed by atoms with van der Waals surface area (Å²) in [6.07, 6.45) is 0. The number of carboxylic acid groups (broad SMARTS) is 1. The molecule has 0 bridgehead atoms. The highest BCUT2D eigenvalue weighted by atomic mass is 32.2. The maximum Gasteiger partial charge on any atom is 0.352 e. The van der Waals surface area contributed by atoms with E-state index in [1.807, 2.05) is 0 Å². The molecule has 0 unspecified atom stereocenters. The number of nitrogen functional groups attached to an aromatic ring is 1. The number of fused-ring (bicyclic) bond motifs is 1. The number of nitrogens with two attached hydrogens (primary N) is 1. The molecule has 0 radical (unpaired) electrons. The van der Waals surface area contributed by atoms with Crippen LogP contribution >= 0.6 is 35.7 Å². The summed E-state index contributed by atoms with van der Waals surface area (Å²) >= 11 is 6.62. The summed E-state index contributed by atoms with van der Waals surface area (Å²) in [7, 11) is 1.28. The molecule has 13 heteroatoms. The van der Waals surface area contributed by atoms with Gasteiger partial charge in [0.1, 0.15) is 29.9 Å². The highest BCUT2D eigenvalue weighted by Crippen LogP contribution is 2.40. The molecular formula is C14H15N5O5S3. The number of amides is 2. The van der Waals surface area contributed by atoms with Crippen LogP contribution in [-0.4, -0.2) is 68.5 Å². The molecule has 3 heterocycles. The van der Waals surface area contributed by atoms with Gasteiger partial charge in [0.25, 0.3) is 11.8 Å². The predicted molar refractivity (Wildman–Crippen MR) is 104 cm³/mol. The summed E-state index contributed by atoms with van der Waals surface area (Å²) in [5, 5.41) is 16.9. The molecular weight excluding hydrogens is 414 g/mol. The molecule has 1 aromatic rings. The lowest BCUT2D eigenvalue weighted by atomic mass is 10.0. The van der Waals surface area contributed by atoms with Crippen LogP contribution in [0.3, 0.4) is 0 Å². The summed E-state index contributed by atoms with van der Waals surface area (Å²) in [4.78, 5) is 46.5. The fourth-order valence-corrected chi connectivity index (χ4v) is 5.01. The molecule has 10 nitrogen and oxygen atoms in total. The number of aromatic nitrogens is 1. The molecule has 4 N–H and O–H groups in total. The van der Waals surface area contributed by atoms with Crippen molar-refractivity contribution in [2.75, 3.05) is 24.3 Å². The van der Waals surface area contributed by atoms with Crippen LogP contribution in [0.2, 0.25) is 0 Å². The van der Waals surface area contributed by atoms with Crippen LogP contribution < -0.4 is 11.1 Å². The van der Waals surface area contributed by atoms with Gasteiger partial charge in [0.2, 0.25) is 0 Å². The second-order valence-corrected chi connectivity index (χ2v) is 7.78. The van der Waals surface area contributed by atoms with Crippen LogP contribution in [0, 0.1) is 0 Å². The van der Waals surface area contributed by atoms with E-state index in [0.29, 0.717) is 11.3 Å². The first-order chi connectivity index (χ1) is 12.9. The maximum atomic E-state index is 12.6. The van der Waals surface area contributed by atoms with Crippen molar-refractivity contribution in [1.82, 2.24) is 15.2 Å². The highest BCUT2D eigenvalue weighted by Gasteiger charge is 2.54. The summed E-state index contributed by atoms with van der Waals surface area (Å²) in [5.74, 6) is -1.72. The van der Waals surface area contributed by atoms with Crippen molar-refractivity contribution in [1.29, 1.82) is 0 Å². The fraction of sp³-hybridized carbons (Fsp3) is 0.357. The van der Waals surface area contributed by atoms with Crippen LogP contribution in [0.4, 0.5) is 5.13 Å². The first kappa shape index (κ1) is 19.5. The van der Waals surface area contributed by atoms with Crippen molar-refractivity contribution < 1.29 is 24.3 Å². The Morgan fingerprint density at radius 3 is 2.89 bits per heavy atom. The second-order valence-electron chi connectivity index (χ2n) is 5.47. The van der Waals surface area contributed by atoms with Gasteiger partial charge in [0, 0.05) is 16.9 Å². The zero-order chi connectivity index (χ0) is 19.7. The summed E-state index contributed by atoms with van der Waals surface area (Å²) in [6.45, 7) is 0. The van der Waals surface area contributed by atoms with Gasteiger partial charge in [-0.1, -0.05) is 5.16 Å². The van der Waals surface area contributed by atoms with Gasteiger partial charge in [-0.15, -0.1) is 23.1 Å². The van der Waals surface area contributed by atoms with Crippen LogP contribution in [-0.2, 0) is 19.2 Å². The third-order valence-corrected chi connectivity index (χ3v) is 6.28. The van der Waals surface area contributed by atoms with Gasteiger partial charge >= 0.3 is 5.97 Å². The van der Waals surface area contributed by atoms with Crippen molar-refractivity contribution in [2.45, 2.75) is 11.4 Å². The van der Waals surface area contributed by atoms with Crippen LogP contribution in [0.25, 0.3) is 0 Å². The molecule has 1 aromatic heterocycles. The number of thioether (sulfide) groups is 1. The number of β-lactam (4-membered cyclic amide) rings is 1. The number of thiazole rings is 1. The number of carbonyl (C=O) groups excluding carboxylic acids is 2. The van der Waals surface area contributed by atoms with Gasteiger partial charge in [0.15, 0.2) is 10.8 Å². The molecule has 0 saturated carbocycles. The van der Waals surface area contributed by atoms with Crippen molar-refractivity contribution in [3.63, 3.8) is 0 Å². The molecule has 3 rings (SSSR count). The van der Waals surface area contributed by atoms with Crippen LogP contribution in [0.15, 0.2) is 21.8 Å². The molecule has 1 fully saturated rings. The van der Waals surface area contributed by atoms with Gasteiger partial charge in [-0.05, 0) is 5.57 Å². The minimum Gasteiger partial charge on any atom is -0.477 e. The smallest absolute Gasteiger partial charge is 0.352 e. The van der Waals surface area contributed by atoms with Gasteiger partial charge in [-0.2, -0.15) is 12.6 Å². The fourth-order valence-electron chi connectivity index (χ4n) is 2.71. The Balaban J connectivity index is 1.79. The summed E-state index contributed by atoms with van der Waals surface area (Å²) < 4.78 is 0. The minimum atomic E-state index is -1.19. The Morgan fingerprint density at radius 2 is 2.33 bits per heavy atom. The topological polar surface area (TPSA) is 147 Å². The number of carboxylic acids is 1. The van der Waals surface area contributed by atoms with Crippen LogP contribution in [0.5, 0.6) is 0 Å². The van der Waals surface area contributed by atoms with E-state index in [0.717, 1.165) is 11.3 Å². The van der Waals surface area contributed by atoms with E-state index < -0.39 is 29.2 Å². The Bertz CT molecular complexity index is 867. The van der Waals surface area contributed by atoms with Gasteiger partial charge in [-0.25, -0.2) is 9.78 Å². The third kappa shape index (κ3) is 3.49. The molecule has 2 atom stereocenters. The monoisotopic (exact) mass is 429 g/mol. The molecule has 2 amide bonds. The number of hydrogen-bond acceptors (Lipinski definition) is 10. The van der Waals surface area contributed by atoms with E-state index in [9.17, 15) is 19.5 Å². The van der Waals surface area contributed by atoms with Gasteiger partial charge < -0.3 is 21.0 Å². The summed E-state index contributed by atoms with van der Waals surface area (Å²) in [6, 6.07) is -0.878. The summed E-state index contributed by atoms with van der Waals surface area (Å²) in [5.41, 5.74) is 6.17. The van der Waals surface area contributed by atoms with Crippen LogP contribution in [0.1, 0.15) is 5.69 Å². The number of carbonyl (C=O) groups is 3. The molecule has 27 heavy (non-hydrogen) atoms. The van der Waals surface area contributed by atoms with E-state index >= 15 is 0 Å². The van der Waals surface area contributed by atoms with Gasteiger partial charge in [-0.3, -0.25) is 14.5 Å². The number of oxime groups is 1. The first-order valence-corrected chi connectivity index (χ1v) is 10.1. The number of rotatable bonds is 6. The lowest BCUT2D eigenvalue weighted by molar-refractivity contribution is -0.150. The van der Waals surface area contributed by atoms with E-state index in [1.54, 1.807) is 5.38 Å². The van der Waals surface area contributed by atoms with Crippen molar-refractivity contribution in [3.05, 3.63) is 22.3 Å². The molecule has 2 aliphatic heterocycles. The highest BCUT2D eigenvalue weighted by molar-refractivity contribution is 8.00. The average Bonchev–Trinajstić information content (AvgIpc) is 3.08. The van der Waals surface area contributed by atoms with Crippen molar-refractivity contribution >= 4 is 64.4 Å². The number of aliphatic carboxylic acids is 1.